The Bertz CT molecular complexity index is 1790. The zero-order chi connectivity index (χ0) is 33.6. The number of hydrogen-bond acceptors (Lipinski definition) is 9. The molecule has 2 aliphatic rings. The van der Waals surface area contributed by atoms with Crippen molar-refractivity contribution in [2.45, 2.75) is 90.5 Å². The molecule has 0 saturated carbocycles. The second-order valence-electron chi connectivity index (χ2n) is 12.3. The van der Waals surface area contributed by atoms with Gasteiger partial charge in [-0.1, -0.05) is 27.7 Å². The standard InChI is InChI=1S/C33H38F2N4O7/c1-5-19-20-12-18(40)7-8-25(20)38-28-21(19)14-39-26(28)13-23-22(30(39)43)15-45-31(44)33(23,6-2)46-27(41)9-10-32(34,35)16-37-29(42)24(36)11-17(3)4/h7-8,12-13,17,24,40H,5-6,9-11,14-16,36H2,1-4H3,(H,37,42)/t24-,33-/m0/s1. The first kappa shape index (κ1) is 33.0. The molecule has 246 valence electrons. The monoisotopic (exact) mass is 640 g/mol. The number of fused-ring (bicyclic) bond motifs is 5. The van der Waals surface area contributed by atoms with Crippen LogP contribution in [0.15, 0.2) is 29.1 Å². The Kier molecular flexibility index (Phi) is 8.91. The molecular formula is C33H38F2N4O7. The lowest BCUT2D eigenvalue weighted by atomic mass is 9.85. The van der Waals surface area contributed by atoms with Crippen LogP contribution in [-0.4, -0.2) is 51.0 Å². The number of aromatic nitrogens is 2. The zero-order valence-corrected chi connectivity index (χ0v) is 26.2. The number of alkyl halides is 2. The van der Waals surface area contributed by atoms with Crippen molar-refractivity contribution in [1.82, 2.24) is 14.9 Å². The number of cyclic esters (lactones) is 1. The molecule has 3 aromatic rings. The molecule has 0 spiro atoms. The molecular weight excluding hydrogens is 602 g/mol. The lowest BCUT2D eigenvalue weighted by Gasteiger charge is -2.35. The summed E-state index contributed by atoms with van der Waals surface area (Å²) in [5, 5.41) is 13.0. The second kappa shape index (κ2) is 12.4. The van der Waals surface area contributed by atoms with Gasteiger partial charge in [-0.15, -0.1) is 0 Å². The van der Waals surface area contributed by atoms with E-state index in [1.54, 1.807) is 25.1 Å². The number of nitrogens with one attached hydrogen (secondary N) is 1. The van der Waals surface area contributed by atoms with Gasteiger partial charge in [0.05, 0.1) is 48.0 Å². The average Bonchev–Trinajstić information content (AvgIpc) is 3.37. The quantitative estimate of drug-likeness (QED) is 0.207. The van der Waals surface area contributed by atoms with E-state index in [-0.39, 0.29) is 42.4 Å². The molecule has 13 heteroatoms. The number of hydrogen-bond donors (Lipinski definition) is 3. The van der Waals surface area contributed by atoms with E-state index in [4.69, 9.17) is 20.2 Å². The molecule has 1 aromatic carbocycles. The number of rotatable bonds is 11. The Labute approximate surface area is 264 Å². The summed E-state index contributed by atoms with van der Waals surface area (Å²) in [5.74, 6) is -5.98. The van der Waals surface area contributed by atoms with Crippen LogP contribution < -0.4 is 16.6 Å². The van der Waals surface area contributed by atoms with Gasteiger partial charge < -0.3 is 30.2 Å². The first-order chi connectivity index (χ1) is 21.7. The van der Waals surface area contributed by atoms with Crippen molar-refractivity contribution in [1.29, 1.82) is 0 Å². The van der Waals surface area contributed by atoms with Gasteiger partial charge in [0.2, 0.25) is 11.5 Å². The number of halogens is 2. The van der Waals surface area contributed by atoms with Crippen molar-refractivity contribution in [3.05, 3.63) is 56.9 Å². The number of benzene rings is 1. The van der Waals surface area contributed by atoms with Crippen molar-refractivity contribution >= 4 is 28.7 Å². The van der Waals surface area contributed by atoms with Gasteiger partial charge >= 0.3 is 11.9 Å². The van der Waals surface area contributed by atoms with Crippen LogP contribution in [0.3, 0.4) is 0 Å². The lowest BCUT2D eigenvalue weighted by molar-refractivity contribution is -0.190. The molecule has 5 rings (SSSR count). The number of esters is 2. The van der Waals surface area contributed by atoms with Crippen LogP contribution in [0.4, 0.5) is 8.78 Å². The number of nitrogens with zero attached hydrogens (tertiary/aromatic N) is 2. The molecule has 2 atom stereocenters. The zero-order valence-electron chi connectivity index (χ0n) is 26.2. The van der Waals surface area contributed by atoms with Gasteiger partial charge in [-0.05, 0) is 55.0 Å². The van der Waals surface area contributed by atoms with Gasteiger partial charge in [-0.3, -0.25) is 14.4 Å². The number of nitrogens with two attached hydrogens (primary N) is 1. The Hall–Kier alpha value is -4.39. The van der Waals surface area contributed by atoms with Crippen LogP contribution in [0.25, 0.3) is 22.3 Å². The highest BCUT2D eigenvalue weighted by Crippen LogP contribution is 2.42. The average molecular weight is 641 g/mol. The highest BCUT2D eigenvalue weighted by molar-refractivity contribution is 5.90. The number of phenols is 1. The number of pyridine rings is 2. The molecule has 2 aliphatic heterocycles. The minimum atomic E-state index is -3.46. The summed E-state index contributed by atoms with van der Waals surface area (Å²) in [6.07, 6.45) is -0.913. The fraction of sp³-hybridized carbons (Fsp3) is 0.485. The van der Waals surface area contributed by atoms with E-state index in [1.807, 2.05) is 20.8 Å². The minimum Gasteiger partial charge on any atom is -0.508 e. The van der Waals surface area contributed by atoms with E-state index in [9.17, 15) is 33.1 Å². The van der Waals surface area contributed by atoms with Crippen molar-refractivity contribution in [2.24, 2.45) is 11.7 Å². The Morgan fingerprint density at radius 1 is 1.22 bits per heavy atom. The number of ether oxygens (including phenoxy) is 2. The molecule has 0 unspecified atom stereocenters. The van der Waals surface area contributed by atoms with E-state index in [2.05, 4.69) is 5.32 Å². The molecule has 4 N–H and O–H groups in total. The topological polar surface area (TPSA) is 163 Å². The molecule has 1 amide bonds. The fourth-order valence-corrected chi connectivity index (χ4v) is 6.29. The molecule has 4 heterocycles. The summed E-state index contributed by atoms with van der Waals surface area (Å²) in [7, 11) is 0. The maximum absolute atomic E-state index is 14.7. The molecule has 11 nitrogen and oxygen atoms in total. The summed E-state index contributed by atoms with van der Waals surface area (Å²) in [5.41, 5.74) is 6.80. The molecule has 0 saturated heterocycles. The van der Waals surface area contributed by atoms with Gasteiger partial charge in [-0.25, -0.2) is 18.6 Å². The number of phenolic OH excluding ortho intramolecular Hbond substituents is 1. The predicted octanol–water partition coefficient (Wildman–Crippen LogP) is 3.80. The van der Waals surface area contributed by atoms with E-state index in [0.29, 0.717) is 29.7 Å². The van der Waals surface area contributed by atoms with E-state index < -0.39 is 60.4 Å². The summed E-state index contributed by atoms with van der Waals surface area (Å²) in [4.78, 5) is 57.0. The number of carbonyl (C=O) groups is 3. The fourth-order valence-electron chi connectivity index (χ4n) is 6.29. The second-order valence-corrected chi connectivity index (χ2v) is 12.3. The van der Waals surface area contributed by atoms with Crippen LogP contribution in [-0.2, 0) is 49.0 Å². The Balaban J connectivity index is 1.42. The first-order valence-electron chi connectivity index (χ1n) is 15.4. The minimum absolute atomic E-state index is 0.0886. The van der Waals surface area contributed by atoms with E-state index >= 15 is 0 Å². The number of amides is 1. The highest BCUT2D eigenvalue weighted by Gasteiger charge is 2.50. The van der Waals surface area contributed by atoms with E-state index in [1.165, 1.54) is 10.6 Å². The highest BCUT2D eigenvalue weighted by atomic mass is 19.3. The first-order valence-corrected chi connectivity index (χ1v) is 15.4. The smallest absolute Gasteiger partial charge is 0.355 e. The number of carbonyl (C=O) groups excluding carboxylic acids is 3. The van der Waals surface area contributed by atoms with Gasteiger partial charge in [0.1, 0.15) is 12.4 Å². The third kappa shape index (κ3) is 5.95. The normalized spacial score (nSPS) is 17.7. The van der Waals surface area contributed by atoms with E-state index in [0.717, 1.165) is 16.5 Å². The summed E-state index contributed by atoms with van der Waals surface area (Å²) >= 11 is 0. The van der Waals surface area contributed by atoms with Crippen LogP contribution in [0.2, 0.25) is 0 Å². The Morgan fingerprint density at radius 2 is 1.96 bits per heavy atom. The summed E-state index contributed by atoms with van der Waals surface area (Å²) in [6, 6.07) is 5.50. The predicted molar refractivity (Wildman–Crippen MR) is 164 cm³/mol. The maximum Gasteiger partial charge on any atom is 0.355 e. The maximum atomic E-state index is 14.7. The van der Waals surface area contributed by atoms with Crippen LogP contribution >= 0.6 is 0 Å². The molecule has 0 bridgehead atoms. The van der Waals surface area contributed by atoms with Crippen molar-refractivity contribution < 1.29 is 37.7 Å². The lowest BCUT2D eigenvalue weighted by Crippen LogP contribution is -2.48. The third-order valence-electron chi connectivity index (χ3n) is 8.68. The van der Waals surface area contributed by atoms with Crippen molar-refractivity contribution in [2.75, 3.05) is 6.54 Å². The SMILES string of the molecule is CCc1c2c(nc3ccc(O)cc13)-c1cc3c(c(=O)n1C2)COC(=O)[C@@]3(CC)OC(=O)CCC(F)(F)CNC(=O)[C@@H](N)CC(C)C. The molecule has 0 aliphatic carbocycles. The van der Waals surface area contributed by atoms with Crippen LogP contribution in [0.1, 0.15) is 75.6 Å². The van der Waals surface area contributed by atoms with Crippen molar-refractivity contribution in [3.63, 3.8) is 0 Å². The Morgan fingerprint density at radius 3 is 2.63 bits per heavy atom. The summed E-state index contributed by atoms with van der Waals surface area (Å²) < 4.78 is 41.8. The number of aryl methyl sites for hydroxylation is 1. The van der Waals surface area contributed by atoms with Gasteiger partial charge in [-0.2, -0.15) is 0 Å². The largest absolute Gasteiger partial charge is 0.508 e. The van der Waals surface area contributed by atoms with Gasteiger partial charge in [0.25, 0.3) is 11.5 Å². The van der Waals surface area contributed by atoms with Gasteiger partial charge in [0, 0.05) is 22.9 Å². The molecule has 0 fully saturated rings. The molecule has 0 radical (unpaired) electrons. The van der Waals surface area contributed by atoms with Gasteiger partial charge in [0.15, 0.2) is 0 Å². The van der Waals surface area contributed by atoms with Crippen LogP contribution in [0.5, 0.6) is 5.75 Å². The van der Waals surface area contributed by atoms with Crippen LogP contribution in [0, 0.1) is 5.92 Å². The molecule has 2 aromatic heterocycles. The number of aromatic hydroxyl groups is 1. The summed E-state index contributed by atoms with van der Waals surface area (Å²) in [6.45, 7) is 6.09. The molecule has 46 heavy (non-hydrogen) atoms. The van der Waals surface area contributed by atoms with Crippen molar-refractivity contribution in [3.8, 4) is 17.1 Å². The third-order valence-corrected chi connectivity index (χ3v) is 8.68.